The normalized spacial score (nSPS) is 28.0. The third-order valence-corrected chi connectivity index (χ3v) is 7.98. The van der Waals surface area contributed by atoms with Crippen LogP contribution in [0.5, 0.6) is 11.5 Å². The molecule has 2 saturated carbocycles. The second-order valence-electron chi connectivity index (χ2n) is 9.78. The molecule has 2 aliphatic heterocycles. The fourth-order valence-electron chi connectivity index (χ4n) is 5.73. The van der Waals surface area contributed by atoms with Crippen molar-refractivity contribution in [1.29, 1.82) is 0 Å². The quantitative estimate of drug-likeness (QED) is 0.701. The lowest BCUT2D eigenvalue weighted by Crippen LogP contribution is -2.53. The van der Waals surface area contributed by atoms with E-state index >= 15 is 0 Å². The van der Waals surface area contributed by atoms with Crippen molar-refractivity contribution in [1.82, 2.24) is 10.2 Å². The summed E-state index contributed by atoms with van der Waals surface area (Å²) in [6.45, 7) is 3.32. The number of hydrogen-bond donors (Lipinski definition) is 2. The van der Waals surface area contributed by atoms with Crippen molar-refractivity contribution in [2.75, 3.05) is 26.4 Å². The van der Waals surface area contributed by atoms with E-state index in [9.17, 15) is 9.90 Å². The van der Waals surface area contributed by atoms with Crippen LogP contribution in [0.4, 0.5) is 0 Å². The van der Waals surface area contributed by atoms with Crippen LogP contribution in [-0.2, 0) is 16.8 Å². The van der Waals surface area contributed by atoms with E-state index in [1.165, 1.54) is 5.56 Å². The molecule has 4 atom stereocenters. The van der Waals surface area contributed by atoms with E-state index < -0.39 is 5.60 Å². The summed E-state index contributed by atoms with van der Waals surface area (Å²) in [5, 5.41) is 14.7. The van der Waals surface area contributed by atoms with E-state index in [1.54, 1.807) is 0 Å². The third-order valence-electron chi connectivity index (χ3n) is 7.98. The van der Waals surface area contributed by atoms with Gasteiger partial charge in [-0.2, -0.15) is 0 Å². The Kier molecular flexibility index (Phi) is 4.88. The molecule has 2 heterocycles. The van der Waals surface area contributed by atoms with Crippen LogP contribution >= 0.6 is 0 Å². The highest BCUT2D eigenvalue weighted by Gasteiger charge is 2.58. The van der Waals surface area contributed by atoms with Crippen molar-refractivity contribution < 1.29 is 19.4 Å². The molecule has 4 aliphatic rings. The molecular weight excluding hydrogens is 404 g/mol. The Bertz CT molecular complexity index is 996. The van der Waals surface area contributed by atoms with Crippen LogP contribution in [0.2, 0.25) is 0 Å². The first-order chi connectivity index (χ1) is 15.6. The highest BCUT2D eigenvalue weighted by molar-refractivity contribution is 5.87. The van der Waals surface area contributed by atoms with Gasteiger partial charge in [0.15, 0.2) is 17.1 Å². The van der Waals surface area contributed by atoms with Gasteiger partial charge in [-0.15, -0.1) is 0 Å². The van der Waals surface area contributed by atoms with Crippen molar-refractivity contribution in [2.24, 2.45) is 17.8 Å². The van der Waals surface area contributed by atoms with Crippen molar-refractivity contribution in [3.05, 3.63) is 59.7 Å². The molecule has 2 aliphatic carbocycles. The van der Waals surface area contributed by atoms with Gasteiger partial charge < -0.3 is 24.8 Å². The highest BCUT2D eigenvalue weighted by Crippen LogP contribution is 2.48. The zero-order valence-corrected chi connectivity index (χ0v) is 18.2. The molecule has 3 unspecified atom stereocenters. The Morgan fingerprint density at radius 2 is 1.81 bits per heavy atom. The van der Waals surface area contributed by atoms with Crippen LogP contribution in [0, 0.1) is 17.8 Å². The molecule has 2 aromatic carbocycles. The van der Waals surface area contributed by atoms with E-state index in [0.29, 0.717) is 18.6 Å². The average Bonchev–Trinajstić information content (AvgIpc) is 3.15. The highest BCUT2D eigenvalue weighted by atomic mass is 16.7. The monoisotopic (exact) mass is 434 g/mol. The predicted octanol–water partition coefficient (Wildman–Crippen LogP) is 2.69. The second kappa shape index (κ2) is 7.78. The molecule has 2 aromatic rings. The molecule has 1 amide bonds. The third kappa shape index (κ3) is 3.37. The minimum absolute atomic E-state index is 0.0155. The summed E-state index contributed by atoms with van der Waals surface area (Å²) in [5.41, 5.74) is 0.571. The fraction of sp³-hybridized carbons (Fsp3) is 0.500. The second-order valence-corrected chi connectivity index (χ2v) is 9.78. The lowest BCUT2D eigenvalue weighted by Gasteiger charge is -2.40. The standard InChI is InChI=1S/C26H30N2O4/c29-25(26(30,19-7-4-8-19)18-5-2-1-3-6-18)27-24-20-14-28(15-21(20)24)12-11-17-9-10-22-23(13-17)32-16-31-22/h1-3,5-6,9-10,13,19-21,24,30H,4,7-8,11-12,14-16H2,(H,27,29)/t20-,21?,24?,26?/m0/s1. The Balaban J connectivity index is 1.04. The van der Waals surface area contributed by atoms with Gasteiger partial charge >= 0.3 is 0 Å². The van der Waals surface area contributed by atoms with Crippen molar-refractivity contribution in [3.8, 4) is 11.5 Å². The number of carbonyl (C=O) groups excluding carboxylic acids is 1. The Labute approximate surface area is 188 Å². The summed E-state index contributed by atoms with van der Waals surface area (Å²) in [7, 11) is 0. The van der Waals surface area contributed by atoms with Gasteiger partial charge in [0, 0.05) is 31.6 Å². The summed E-state index contributed by atoms with van der Waals surface area (Å²) in [6, 6.07) is 15.8. The molecule has 0 radical (unpaired) electrons. The van der Waals surface area contributed by atoms with Gasteiger partial charge in [-0.05, 0) is 54.4 Å². The molecule has 0 bridgehead atoms. The number of hydrogen-bond acceptors (Lipinski definition) is 5. The first-order valence-corrected chi connectivity index (χ1v) is 11.8. The topological polar surface area (TPSA) is 71.0 Å². The largest absolute Gasteiger partial charge is 0.454 e. The van der Waals surface area contributed by atoms with Crippen molar-refractivity contribution in [3.63, 3.8) is 0 Å². The molecule has 0 spiro atoms. The van der Waals surface area contributed by atoms with Crippen LogP contribution in [0.1, 0.15) is 30.4 Å². The number of nitrogens with one attached hydrogen (secondary N) is 1. The van der Waals surface area contributed by atoms with Crippen LogP contribution in [-0.4, -0.2) is 48.4 Å². The number of fused-ring (bicyclic) bond motifs is 2. The predicted molar refractivity (Wildman–Crippen MR) is 119 cm³/mol. The number of ether oxygens (including phenoxy) is 2. The molecular formula is C26H30N2O4. The Morgan fingerprint density at radius 3 is 2.53 bits per heavy atom. The maximum absolute atomic E-state index is 13.3. The average molecular weight is 435 g/mol. The minimum Gasteiger partial charge on any atom is -0.454 e. The maximum Gasteiger partial charge on any atom is 0.257 e. The summed E-state index contributed by atoms with van der Waals surface area (Å²) >= 11 is 0. The summed E-state index contributed by atoms with van der Waals surface area (Å²) in [5.74, 6) is 2.47. The first-order valence-electron chi connectivity index (χ1n) is 11.8. The molecule has 6 nitrogen and oxygen atoms in total. The molecule has 32 heavy (non-hydrogen) atoms. The fourth-order valence-corrected chi connectivity index (χ4v) is 5.73. The number of amides is 1. The Hall–Kier alpha value is -2.57. The van der Waals surface area contributed by atoms with Gasteiger partial charge in [-0.25, -0.2) is 0 Å². The molecule has 3 fully saturated rings. The minimum atomic E-state index is -1.41. The zero-order chi connectivity index (χ0) is 21.7. The first kappa shape index (κ1) is 20.1. The number of rotatable bonds is 7. The van der Waals surface area contributed by atoms with E-state index in [-0.39, 0.29) is 17.9 Å². The van der Waals surface area contributed by atoms with Crippen molar-refractivity contribution >= 4 is 5.91 Å². The van der Waals surface area contributed by atoms with Gasteiger partial charge in [-0.3, -0.25) is 4.79 Å². The van der Waals surface area contributed by atoms with Gasteiger partial charge in [0.2, 0.25) is 6.79 Å². The van der Waals surface area contributed by atoms with Gasteiger partial charge in [0.25, 0.3) is 5.91 Å². The van der Waals surface area contributed by atoms with E-state index in [0.717, 1.165) is 62.4 Å². The van der Waals surface area contributed by atoms with Crippen LogP contribution in [0.3, 0.4) is 0 Å². The number of carbonyl (C=O) groups is 1. The van der Waals surface area contributed by atoms with Gasteiger partial charge in [0.05, 0.1) is 0 Å². The molecule has 6 heteroatoms. The lowest BCUT2D eigenvalue weighted by molar-refractivity contribution is -0.152. The van der Waals surface area contributed by atoms with E-state index in [4.69, 9.17) is 9.47 Å². The summed E-state index contributed by atoms with van der Waals surface area (Å²) in [4.78, 5) is 15.8. The van der Waals surface area contributed by atoms with Crippen molar-refractivity contribution in [2.45, 2.75) is 37.3 Å². The van der Waals surface area contributed by atoms with E-state index in [1.807, 2.05) is 36.4 Å². The Morgan fingerprint density at radius 1 is 1.06 bits per heavy atom. The zero-order valence-electron chi connectivity index (χ0n) is 18.2. The number of benzene rings is 2. The number of piperidine rings is 1. The van der Waals surface area contributed by atoms with Gasteiger partial charge in [-0.1, -0.05) is 42.8 Å². The molecule has 2 N–H and O–H groups in total. The van der Waals surface area contributed by atoms with Crippen LogP contribution in [0.25, 0.3) is 0 Å². The smallest absolute Gasteiger partial charge is 0.257 e. The molecule has 1 saturated heterocycles. The maximum atomic E-state index is 13.3. The summed E-state index contributed by atoms with van der Waals surface area (Å²) < 4.78 is 10.9. The molecule has 0 aromatic heterocycles. The lowest BCUT2D eigenvalue weighted by atomic mass is 9.69. The van der Waals surface area contributed by atoms with Crippen LogP contribution in [0.15, 0.2) is 48.5 Å². The number of nitrogens with zero attached hydrogens (tertiary/aromatic N) is 1. The number of aliphatic hydroxyl groups is 1. The van der Waals surface area contributed by atoms with E-state index in [2.05, 4.69) is 22.3 Å². The SMILES string of the molecule is O=C(NC1C2CN(CCc3ccc4c(c3)OCO4)C[C@@H]21)C(O)(c1ccccc1)C1CCC1. The molecule has 6 rings (SSSR count). The number of likely N-dealkylation sites (tertiary alicyclic amines) is 1. The van der Waals surface area contributed by atoms with Crippen LogP contribution < -0.4 is 14.8 Å². The molecule has 168 valence electrons. The van der Waals surface area contributed by atoms with Gasteiger partial charge in [0.1, 0.15) is 0 Å². The summed E-state index contributed by atoms with van der Waals surface area (Å²) in [6.07, 6.45) is 3.87.